The van der Waals surface area contributed by atoms with Crippen LogP contribution in [0.4, 0.5) is 0 Å². The summed E-state index contributed by atoms with van der Waals surface area (Å²) in [6.07, 6.45) is 17.4. The van der Waals surface area contributed by atoms with Crippen molar-refractivity contribution in [3.05, 3.63) is 12.2 Å². The molecule has 0 aliphatic rings. The molecule has 0 fully saturated rings. The summed E-state index contributed by atoms with van der Waals surface area (Å²) in [6, 6.07) is 0. The third-order valence-corrected chi connectivity index (χ3v) is 4.52. The van der Waals surface area contributed by atoms with Crippen LogP contribution in [0.15, 0.2) is 12.2 Å². The number of unbranched alkanes of at least 4 members (excludes halogenated alkanes) is 7. The van der Waals surface area contributed by atoms with Crippen LogP contribution in [0.5, 0.6) is 0 Å². The summed E-state index contributed by atoms with van der Waals surface area (Å²) < 4.78 is 0. The highest BCUT2D eigenvalue weighted by atomic mass is 16.3. The molecule has 2 unspecified atom stereocenters. The Morgan fingerprint density at radius 1 is 1.04 bits per heavy atom. The number of allylic oxidation sites excluding steroid dienone is 1. The van der Waals surface area contributed by atoms with Gasteiger partial charge < -0.3 is 10.4 Å². The van der Waals surface area contributed by atoms with Crippen molar-refractivity contribution in [3.63, 3.8) is 0 Å². The molecule has 0 aliphatic heterocycles. The van der Waals surface area contributed by atoms with Crippen molar-refractivity contribution in [2.75, 3.05) is 7.05 Å². The lowest BCUT2D eigenvalue weighted by molar-refractivity contribution is -0.120. The Bertz CT molecular complexity index is 302. The van der Waals surface area contributed by atoms with Crippen LogP contribution in [-0.4, -0.2) is 24.2 Å². The lowest BCUT2D eigenvalue weighted by Crippen LogP contribution is -2.16. The minimum Gasteiger partial charge on any atom is -0.393 e. The second-order valence-electron chi connectivity index (χ2n) is 6.73. The van der Waals surface area contributed by atoms with E-state index in [0.29, 0.717) is 12.3 Å². The van der Waals surface area contributed by atoms with E-state index in [-0.39, 0.29) is 12.0 Å². The van der Waals surface area contributed by atoms with Crippen LogP contribution in [0.1, 0.15) is 90.9 Å². The zero-order valence-corrected chi connectivity index (χ0v) is 15.7. The zero-order valence-electron chi connectivity index (χ0n) is 15.7. The molecule has 0 aromatic heterocycles. The molecule has 1 amide bonds. The smallest absolute Gasteiger partial charge is 0.219 e. The molecule has 0 radical (unpaired) electrons. The fourth-order valence-electron chi connectivity index (χ4n) is 2.70. The molecule has 0 bridgehead atoms. The van der Waals surface area contributed by atoms with E-state index in [1.54, 1.807) is 7.05 Å². The first-order valence-electron chi connectivity index (χ1n) is 9.65. The van der Waals surface area contributed by atoms with E-state index in [1.165, 1.54) is 38.5 Å². The zero-order chi connectivity index (χ0) is 17.3. The van der Waals surface area contributed by atoms with Gasteiger partial charge in [0, 0.05) is 13.5 Å². The van der Waals surface area contributed by atoms with Gasteiger partial charge in [-0.25, -0.2) is 0 Å². The summed E-state index contributed by atoms with van der Waals surface area (Å²) in [4.78, 5) is 11.1. The molecule has 136 valence electrons. The van der Waals surface area contributed by atoms with Crippen LogP contribution >= 0.6 is 0 Å². The molecule has 0 aromatic rings. The highest BCUT2D eigenvalue weighted by Crippen LogP contribution is 2.16. The highest BCUT2D eigenvalue weighted by molar-refractivity contribution is 5.75. The van der Waals surface area contributed by atoms with E-state index >= 15 is 0 Å². The second kappa shape index (κ2) is 16.0. The SMILES string of the molecule is CCCCCC(C)C(O)C/C=C\CCCCCCCC(=O)NC. The number of carbonyl (C=O) groups excluding carboxylic acids is 1. The average Bonchev–Trinajstić information content (AvgIpc) is 2.56. The Hall–Kier alpha value is -0.830. The Kier molecular flexibility index (Phi) is 15.5. The fraction of sp³-hybridized carbons (Fsp3) is 0.850. The molecule has 0 rings (SSSR count). The molecule has 0 aromatic carbocycles. The largest absolute Gasteiger partial charge is 0.393 e. The van der Waals surface area contributed by atoms with Crippen molar-refractivity contribution >= 4 is 5.91 Å². The highest BCUT2D eigenvalue weighted by Gasteiger charge is 2.11. The number of rotatable bonds is 15. The van der Waals surface area contributed by atoms with Gasteiger partial charge in [0.05, 0.1) is 6.10 Å². The summed E-state index contributed by atoms with van der Waals surface area (Å²) in [5, 5.41) is 12.8. The van der Waals surface area contributed by atoms with Gasteiger partial charge in [0.15, 0.2) is 0 Å². The van der Waals surface area contributed by atoms with Crippen LogP contribution in [0.2, 0.25) is 0 Å². The van der Waals surface area contributed by atoms with Gasteiger partial charge >= 0.3 is 0 Å². The number of aliphatic hydroxyl groups is 1. The molecule has 2 atom stereocenters. The molecule has 23 heavy (non-hydrogen) atoms. The van der Waals surface area contributed by atoms with Crippen LogP contribution < -0.4 is 5.32 Å². The van der Waals surface area contributed by atoms with Crippen molar-refractivity contribution in [3.8, 4) is 0 Å². The van der Waals surface area contributed by atoms with Crippen molar-refractivity contribution in [2.45, 2.75) is 97.0 Å². The maximum absolute atomic E-state index is 11.1. The number of hydrogen-bond acceptors (Lipinski definition) is 2. The quantitative estimate of drug-likeness (QED) is 0.329. The lowest BCUT2D eigenvalue weighted by Gasteiger charge is -2.17. The molecule has 0 heterocycles. The first-order valence-corrected chi connectivity index (χ1v) is 9.65. The van der Waals surface area contributed by atoms with Gasteiger partial charge in [0.1, 0.15) is 0 Å². The maximum Gasteiger partial charge on any atom is 0.219 e. The van der Waals surface area contributed by atoms with E-state index < -0.39 is 0 Å². The topological polar surface area (TPSA) is 49.3 Å². The van der Waals surface area contributed by atoms with Crippen LogP contribution in [0.25, 0.3) is 0 Å². The van der Waals surface area contributed by atoms with Gasteiger partial charge in [-0.2, -0.15) is 0 Å². The first kappa shape index (κ1) is 22.2. The first-order chi connectivity index (χ1) is 11.1. The average molecular weight is 326 g/mol. The van der Waals surface area contributed by atoms with Crippen molar-refractivity contribution in [1.82, 2.24) is 5.32 Å². The van der Waals surface area contributed by atoms with E-state index in [0.717, 1.165) is 32.1 Å². The van der Waals surface area contributed by atoms with Gasteiger partial charge in [0.2, 0.25) is 5.91 Å². The van der Waals surface area contributed by atoms with Gasteiger partial charge in [-0.05, 0) is 38.0 Å². The normalized spacial score (nSPS) is 14.1. The predicted molar refractivity (Wildman–Crippen MR) is 99.5 cm³/mol. The number of nitrogens with one attached hydrogen (secondary N) is 1. The van der Waals surface area contributed by atoms with E-state index in [1.807, 2.05) is 0 Å². The van der Waals surface area contributed by atoms with Crippen molar-refractivity contribution < 1.29 is 9.90 Å². The minimum atomic E-state index is -0.187. The number of aliphatic hydroxyl groups excluding tert-OH is 1. The lowest BCUT2D eigenvalue weighted by atomic mass is 9.95. The molecule has 0 saturated heterocycles. The van der Waals surface area contributed by atoms with Gasteiger partial charge in [-0.15, -0.1) is 0 Å². The van der Waals surface area contributed by atoms with Gasteiger partial charge in [-0.3, -0.25) is 4.79 Å². The van der Waals surface area contributed by atoms with E-state index in [4.69, 9.17) is 0 Å². The monoisotopic (exact) mass is 325 g/mol. The predicted octanol–water partition coefficient (Wildman–Crippen LogP) is 4.99. The number of amides is 1. The molecular formula is C20H39NO2. The fourth-order valence-corrected chi connectivity index (χ4v) is 2.70. The van der Waals surface area contributed by atoms with Crippen LogP contribution in [-0.2, 0) is 4.79 Å². The maximum atomic E-state index is 11.1. The molecule has 0 spiro atoms. The second-order valence-corrected chi connectivity index (χ2v) is 6.73. The molecule has 0 aliphatic carbocycles. The van der Waals surface area contributed by atoms with Crippen LogP contribution in [0.3, 0.4) is 0 Å². The summed E-state index contributed by atoms with van der Waals surface area (Å²) in [6.45, 7) is 4.37. The molecule has 3 heteroatoms. The minimum absolute atomic E-state index is 0.149. The number of carbonyl (C=O) groups is 1. The Morgan fingerprint density at radius 2 is 1.74 bits per heavy atom. The molecule has 2 N–H and O–H groups in total. The van der Waals surface area contributed by atoms with Crippen molar-refractivity contribution in [2.24, 2.45) is 5.92 Å². The van der Waals surface area contributed by atoms with Crippen LogP contribution in [0, 0.1) is 5.92 Å². The summed E-state index contributed by atoms with van der Waals surface area (Å²) in [5.41, 5.74) is 0. The van der Waals surface area contributed by atoms with Crippen molar-refractivity contribution in [1.29, 1.82) is 0 Å². The summed E-state index contributed by atoms with van der Waals surface area (Å²) in [7, 11) is 1.69. The van der Waals surface area contributed by atoms with Gasteiger partial charge in [0.25, 0.3) is 0 Å². The Morgan fingerprint density at radius 3 is 2.43 bits per heavy atom. The third-order valence-electron chi connectivity index (χ3n) is 4.52. The third kappa shape index (κ3) is 14.5. The van der Waals surface area contributed by atoms with E-state index in [9.17, 15) is 9.90 Å². The Labute approximate surface area is 143 Å². The molecular weight excluding hydrogens is 286 g/mol. The summed E-state index contributed by atoms with van der Waals surface area (Å²) in [5.74, 6) is 0.557. The van der Waals surface area contributed by atoms with E-state index in [2.05, 4.69) is 31.3 Å². The standard InChI is InChI=1S/C20H39NO2/c1-4-5-12-15-18(2)19(22)16-13-10-8-6-7-9-11-14-17-20(23)21-3/h10,13,18-19,22H,4-9,11-12,14-17H2,1-3H3,(H,21,23)/b13-10-. The summed E-state index contributed by atoms with van der Waals surface area (Å²) >= 11 is 0. The van der Waals surface area contributed by atoms with Gasteiger partial charge in [-0.1, -0.05) is 64.5 Å². The molecule has 0 saturated carbocycles. The molecule has 3 nitrogen and oxygen atoms in total. The Balaban J connectivity index is 3.44. The number of hydrogen-bond donors (Lipinski definition) is 2.